The SMILES string of the molecule is Cc1ccc(-c2c3ccc(C)cc3cc3ccc(C)cc23)cc1. The molecule has 0 aliphatic heterocycles. The van der Waals surface area contributed by atoms with Gasteiger partial charge in [-0.05, 0) is 59.5 Å². The van der Waals surface area contributed by atoms with E-state index in [9.17, 15) is 0 Å². The fourth-order valence-electron chi connectivity index (χ4n) is 3.39. The molecule has 0 heterocycles. The van der Waals surface area contributed by atoms with E-state index >= 15 is 0 Å². The van der Waals surface area contributed by atoms with Crippen molar-refractivity contribution < 1.29 is 0 Å². The summed E-state index contributed by atoms with van der Waals surface area (Å²) in [5, 5.41) is 5.30. The lowest BCUT2D eigenvalue weighted by atomic mass is 9.90. The Morgan fingerprint density at radius 3 is 1.91 bits per heavy atom. The molecule has 0 aromatic heterocycles. The van der Waals surface area contributed by atoms with E-state index < -0.39 is 0 Å². The molecule has 0 amide bonds. The van der Waals surface area contributed by atoms with Crippen LogP contribution in [-0.2, 0) is 0 Å². The molecule has 4 rings (SSSR count). The van der Waals surface area contributed by atoms with Gasteiger partial charge in [0.05, 0.1) is 0 Å². The van der Waals surface area contributed by atoms with Crippen molar-refractivity contribution in [1.82, 2.24) is 0 Å². The summed E-state index contributed by atoms with van der Waals surface area (Å²) in [4.78, 5) is 0. The Balaban J connectivity index is 2.19. The molecule has 0 unspecified atom stereocenters. The molecule has 0 atom stereocenters. The minimum absolute atomic E-state index is 1.29. The summed E-state index contributed by atoms with van der Waals surface area (Å²) >= 11 is 0. The molecule has 0 heteroatoms. The van der Waals surface area contributed by atoms with Gasteiger partial charge in [0.25, 0.3) is 0 Å². The van der Waals surface area contributed by atoms with Gasteiger partial charge in [0.15, 0.2) is 0 Å². The molecule has 0 fully saturated rings. The van der Waals surface area contributed by atoms with Crippen molar-refractivity contribution in [2.75, 3.05) is 0 Å². The van der Waals surface area contributed by atoms with Crippen molar-refractivity contribution in [3.8, 4) is 11.1 Å². The molecule has 23 heavy (non-hydrogen) atoms. The summed E-state index contributed by atoms with van der Waals surface area (Å²) in [6, 6.07) is 24.7. The zero-order valence-electron chi connectivity index (χ0n) is 13.9. The summed E-state index contributed by atoms with van der Waals surface area (Å²) in [5.74, 6) is 0. The van der Waals surface area contributed by atoms with Crippen LogP contribution in [0.5, 0.6) is 0 Å². The van der Waals surface area contributed by atoms with Crippen molar-refractivity contribution in [1.29, 1.82) is 0 Å². The number of hydrogen-bond acceptors (Lipinski definition) is 0. The van der Waals surface area contributed by atoms with Gasteiger partial charge in [0.1, 0.15) is 0 Å². The third-order valence-corrected chi connectivity index (χ3v) is 4.61. The average Bonchev–Trinajstić information content (AvgIpc) is 2.54. The second-order valence-electron chi connectivity index (χ2n) is 6.57. The first-order valence-corrected chi connectivity index (χ1v) is 8.12. The van der Waals surface area contributed by atoms with Crippen molar-refractivity contribution in [2.45, 2.75) is 20.8 Å². The standard InChI is InChI=1S/C23H20/c1-15-4-8-18(9-5-15)23-21-11-7-16(2)12-20(21)14-19-10-6-17(3)13-22(19)23/h4-14H,1-3H3. The Morgan fingerprint density at radius 2 is 1.13 bits per heavy atom. The lowest BCUT2D eigenvalue weighted by Gasteiger charge is -2.13. The number of fused-ring (bicyclic) bond motifs is 2. The van der Waals surface area contributed by atoms with Crippen molar-refractivity contribution in [3.05, 3.63) is 83.4 Å². The predicted octanol–water partition coefficient (Wildman–Crippen LogP) is 6.59. The molecule has 0 spiro atoms. The van der Waals surface area contributed by atoms with Crippen LogP contribution in [0.4, 0.5) is 0 Å². The van der Waals surface area contributed by atoms with Gasteiger partial charge in [-0.2, -0.15) is 0 Å². The molecule has 0 nitrogen and oxygen atoms in total. The van der Waals surface area contributed by atoms with Gasteiger partial charge >= 0.3 is 0 Å². The molecule has 0 saturated heterocycles. The van der Waals surface area contributed by atoms with Crippen LogP contribution < -0.4 is 0 Å². The summed E-state index contributed by atoms with van der Waals surface area (Å²) in [6.45, 7) is 6.46. The quantitative estimate of drug-likeness (QED) is 0.348. The van der Waals surface area contributed by atoms with Crippen molar-refractivity contribution in [3.63, 3.8) is 0 Å². The zero-order chi connectivity index (χ0) is 16.0. The lowest BCUT2D eigenvalue weighted by molar-refractivity contribution is 1.47. The second kappa shape index (κ2) is 5.24. The first-order valence-electron chi connectivity index (χ1n) is 8.12. The molecule has 0 N–H and O–H groups in total. The van der Waals surface area contributed by atoms with Gasteiger partial charge in [-0.3, -0.25) is 0 Å². The molecule has 0 radical (unpaired) electrons. The number of hydrogen-bond donors (Lipinski definition) is 0. The van der Waals surface area contributed by atoms with Gasteiger partial charge in [0, 0.05) is 0 Å². The van der Waals surface area contributed by atoms with Crippen LogP contribution in [0.25, 0.3) is 32.7 Å². The molecule has 0 bridgehead atoms. The van der Waals surface area contributed by atoms with E-state index in [1.165, 1.54) is 49.4 Å². The zero-order valence-corrected chi connectivity index (χ0v) is 13.9. The maximum absolute atomic E-state index is 2.31. The fraction of sp³-hybridized carbons (Fsp3) is 0.130. The summed E-state index contributed by atoms with van der Waals surface area (Å²) < 4.78 is 0. The molecule has 4 aromatic rings. The maximum Gasteiger partial charge on any atom is -0.00267 e. The highest BCUT2D eigenvalue weighted by molar-refractivity contribution is 6.12. The van der Waals surface area contributed by atoms with Crippen molar-refractivity contribution in [2.24, 2.45) is 0 Å². The number of benzene rings is 4. The Morgan fingerprint density at radius 1 is 0.478 bits per heavy atom. The van der Waals surface area contributed by atoms with Crippen LogP contribution in [-0.4, -0.2) is 0 Å². The average molecular weight is 296 g/mol. The van der Waals surface area contributed by atoms with Crippen LogP contribution >= 0.6 is 0 Å². The molecule has 112 valence electrons. The van der Waals surface area contributed by atoms with Crippen LogP contribution in [0.1, 0.15) is 16.7 Å². The Labute approximate surface area is 137 Å². The first kappa shape index (κ1) is 14.0. The van der Waals surface area contributed by atoms with Crippen LogP contribution in [0.2, 0.25) is 0 Å². The van der Waals surface area contributed by atoms with Gasteiger partial charge in [-0.15, -0.1) is 0 Å². The van der Waals surface area contributed by atoms with E-state index in [0.29, 0.717) is 0 Å². The highest BCUT2D eigenvalue weighted by Gasteiger charge is 2.10. The molecule has 0 aliphatic rings. The lowest BCUT2D eigenvalue weighted by Crippen LogP contribution is -1.87. The third-order valence-electron chi connectivity index (χ3n) is 4.61. The number of rotatable bonds is 1. The normalized spacial score (nSPS) is 11.3. The smallest absolute Gasteiger partial charge is 0.00267 e. The van der Waals surface area contributed by atoms with Gasteiger partial charge in [0.2, 0.25) is 0 Å². The van der Waals surface area contributed by atoms with Gasteiger partial charge < -0.3 is 0 Å². The molecule has 4 aromatic carbocycles. The van der Waals surface area contributed by atoms with E-state index in [4.69, 9.17) is 0 Å². The monoisotopic (exact) mass is 296 g/mol. The summed E-state index contributed by atoms with van der Waals surface area (Å²) in [7, 11) is 0. The maximum atomic E-state index is 2.31. The molecule has 0 saturated carbocycles. The molecular formula is C23H20. The molecule has 0 aliphatic carbocycles. The minimum atomic E-state index is 1.29. The Bertz CT molecular complexity index is 1020. The highest BCUT2D eigenvalue weighted by Crippen LogP contribution is 2.37. The number of aryl methyl sites for hydroxylation is 3. The van der Waals surface area contributed by atoms with E-state index in [-0.39, 0.29) is 0 Å². The largest absolute Gasteiger partial charge is 0.0587 e. The minimum Gasteiger partial charge on any atom is -0.0587 e. The predicted molar refractivity (Wildman–Crippen MR) is 101 cm³/mol. The van der Waals surface area contributed by atoms with Gasteiger partial charge in [-0.25, -0.2) is 0 Å². The highest BCUT2D eigenvalue weighted by atomic mass is 14.1. The van der Waals surface area contributed by atoms with Gasteiger partial charge in [-0.1, -0.05) is 77.4 Å². The summed E-state index contributed by atoms with van der Waals surface area (Å²) in [5.41, 5.74) is 6.54. The third kappa shape index (κ3) is 2.41. The second-order valence-corrected chi connectivity index (χ2v) is 6.57. The van der Waals surface area contributed by atoms with Crippen LogP contribution in [0, 0.1) is 20.8 Å². The fourth-order valence-corrected chi connectivity index (χ4v) is 3.39. The Kier molecular flexibility index (Phi) is 3.20. The van der Waals surface area contributed by atoms with E-state index in [2.05, 4.69) is 87.5 Å². The topological polar surface area (TPSA) is 0 Å². The molecular weight excluding hydrogens is 276 g/mol. The van der Waals surface area contributed by atoms with Crippen LogP contribution in [0.15, 0.2) is 66.7 Å². The van der Waals surface area contributed by atoms with E-state index in [0.717, 1.165) is 0 Å². The summed E-state index contributed by atoms with van der Waals surface area (Å²) in [6.07, 6.45) is 0. The Hall–Kier alpha value is -2.60. The van der Waals surface area contributed by atoms with E-state index in [1.807, 2.05) is 0 Å². The first-order chi connectivity index (χ1) is 11.1. The van der Waals surface area contributed by atoms with Crippen LogP contribution in [0.3, 0.4) is 0 Å². The van der Waals surface area contributed by atoms with Crippen molar-refractivity contribution >= 4 is 21.5 Å². The van der Waals surface area contributed by atoms with E-state index in [1.54, 1.807) is 0 Å².